The van der Waals surface area contributed by atoms with Crippen LogP contribution in [0.3, 0.4) is 0 Å². The Labute approximate surface area is 233 Å². The molecule has 0 spiro atoms. The summed E-state index contributed by atoms with van der Waals surface area (Å²) in [6, 6.07) is 15.9. The summed E-state index contributed by atoms with van der Waals surface area (Å²) in [7, 11) is 0. The van der Waals surface area contributed by atoms with Gasteiger partial charge in [0, 0.05) is 30.0 Å². The third kappa shape index (κ3) is 5.39. The van der Waals surface area contributed by atoms with Gasteiger partial charge in [0.15, 0.2) is 0 Å². The van der Waals surface area contributed by atoms with Crippen molar-refractivity contribution in [2.45, 2.75) is 53.0 Å². The number of fused-ring (bicyclic) bond motifs is 1. The Morgan fingerprint density at radius 2 is 1.85 bits per heavy atom. The fourth-order valence-electron chi connectivity index (χ4n) is 4.90. The molecule has 7 nitrogen and oxygen atoms in total. The summed E-state index contributed by atoms with van der Waals surface area (Å²) in [5, 5.41) is 3.24. The van der Waals surface area contributed by atoms with Crippen LogP contribution in [0.15, 0.2) is 71.8 Å². The summed E-state index contributed by atoms with van der Waals surface area (Å²) in [5.74, 6) is -1.48. The first-order chi connectivity index (χ1) is 18.4. The number of nitrogens with zero attached hydrogens (tertiary/aromatic N) is 2. The lowest BCUT2D eigenvalue weighted by atomic mass is 10.0. The van der Waals surface area contributed by atoms with Gasteiger partial charge in [0.25, 0.3) is 5.91 Å². The molecule has 2 aromatic carbocycles. The maximum atomic E-state index is 15.1. The zero-order valence-electron chi connectivity index (χ0n) is 20.8. The molecule has 2 heterocycles. The molecule has 2 aliphatic carbocycles. The molecule has 0 radical (unpaired) electrons. The molecule has 6 rings (SSSR count). The van der Waals surface area contributed by atoms with E-state index in [0.717, 1.165) is 18.4 Å². The summed E-state index contributed by atoms with van der Waals surface area (Å²) in [4.78, 5) is 42.4. The molecule has 2 atom stereocenters. The van der Waals surface area contributed by atoms with Crippen LogP contribution in [0.5, 0.6) is 0 Å². The Morgan fingerprint density at radius 1 is 1.07 bits per heavy atom. The van der Waals surface area contributed by atoms with Gasteiger partial charge in [-0.1, -0.05) is 39.1 Å². The van der Waals surface area contributed by atoms with E-state index in [9.17, 15) is 14.4 Å². The minimum absolute atomic E-state index is 0. The van der Waals surface area contributed by atoms with Crippen LogP contribution in [0.2, 0.25) is 0 Å². The van der Waals surface area contributed by atoms with E-state index >= 15 is 4.39 Å². The number of nitrogens with one attached hydrogen (secondary N) is 1. The Hall–Kier alpha value is -4.33. The average molecular weight is 544 g/mol. The number of benzene rings is 2. The molecule has 4 aromatic rings. The van der Waals surface area contributed by atoms with Crippen LogP contribution in [0.1, 0.15) is 62.9 Å². The first-order valence-electron chi connectivity index (χ1n) is 12.8. The van der Waals surface area contributed by atoms with Gasteiger partial charge in [-0.15, -0.1) is 0 Å². The molecule has 2 aromatic heterocycles. The van der Waals surface area contributed by atoms with Gasteiger partial charge in [-0.2, -0.15) is 0 Å². The lowest BCUT2D eigenvalue weighted by molar-refractivity contribution is -0.144. The van der Waals surface area contributed by atoms with E-state index < -0.39 is 5.91 Å². The molecule has 0 aliphatic heterocycles. The molecule has 0 saturated heterocycles. The van der Waals surface area contributed by atoms with Gasteiger partial charge in [-0.3, -0.25) is 14.4 Å². The van der Waals surface area contributed by atoms with Gasteiger partial charge in [0.1, 0.15) is 17.0 Å². The molecular weight excluding hydrogens is 509 g/mol. The van der Waals surface area contributed by atoms with E-state index in [1.807, 2.05) is 30.3 Å². The van der Waals surface area contributed by atoms with Crippen molar-refractivity contribution >= 4 is 22.9 Å². The topological polar surface area (TPSA) is 90.3 Å². The first kappa shape index (κ1) is 28.7. The van der Waals surface area contributed by atoms with Crippen LogP contribution < -0.4 is 10.7 Å². The minimum Gasteiger partial charge on any atom is -0.466 e. The predicted octanol–water partition coefficient (Wildman–Crippen LogP) is 6.02. The normalized spacial score (nSPS) is 17.4. The number of aromatic nitrogens is 2. The molecule has 1 amide bonds. The number of amides is 1. The number of rotatable bonds is 7. The van der Waals surface area contributed by atoms with Crippen molar-refractivity contribution < 1.29 is 18.7 Å². The largest absolute Gasteiger partial charge is 0.466 e. The predicted molar refractivity (Wildman–Crippen MR) is 154 cm³/mol. The smallest absolute Gasteiger partial charge is 0.309 e. The molecule has 0 unspecified atom stereocenters. The quantitative estimate of drug-likeness (QED) is 0.288. The average Bonchev–Trinajstić information content (AvgIpc) is 3.85. The Morgan fingerprint density at radius 3 is 2.58 bits per heavy atom. The second kappa shape index (κ2) is 11.4. The molecule has 2 fully saturated rings. The lowest BCUT2D eigenvalue weighted by Gasteiger charge is -2.14. The molecule has 2 aliphatic rings. The van der Waals surface area contributed by atoms with Crippen molar-refractivity contribution in [3.63, 3.8) is 0 Å². The van der Waals surface area contributed by atoms with E-state index in [1.54, 1.807) is 35.9 Å². The number of pyridine rings is 2. The van der Waals surface area contributed by atoms with Gasteiger partial charge < -0.3 is 14.6 Å². The highest BCUT2D eigenvalue weighted by Gasteiger charge is 2.46. The van der Waals surface area contributed by atoms with Crippen molar-refractivity contribution in [1.82, 2.24) is 14.9 Å². The van der Waals surface area contributed by atoms with Crippen LogP contribution in [0.4, 0.5) is 4.39 Å². The summed E-state index contributed by atoms with van der Waals surface area (Å²) < 4.78 is 21.9. The highest BCUT2D eigenvalue weighted by Crippen LogP contribution is 2.49. The van der Waals surface area contributed by atoms with E-state index in [4.69, 9.17) is 4.74 Å². The number of esters is 1. The highest BCUT2D eigenvalue weighted by atomic mass is 19.1. The van der Waals surface area contributed by atoms with Crippen LogP contribution in [-0.4, -0.2) is 34.1 Å². The van der Waals surface area contributed by atoms with Gasteiger partial charge in [-0.25, -0.2) is 9.37 Å². The second-order valence-corrected chi connectivity index (χ2v) is 9.85. The van der Waals surface area contributed by atoms with Gasteiger partial charge in [0.05, 0.1) is 17.9 Å². The van der Waals surface area contributed by atoms with Crippen molar-refractivity contribution in [3.05, 3.63) is 94.2 Å². The zero-order chi connectivity index (χ0) is 26.4. The third-order valence-corrected chi connectivity index (χ3v) is 7.16. The van der Waals surface area contributed by atoms with Crippen LogP contribution in [0, 0.1) is 11.7 Å². The molecular formula is C32H34FN3O4. The van der Waals surface area contributed by atoms with Crippen molar-refractivity contribution in [2.24, 2.45) is 5.92 Å². The standard InChI is InChI=1S/C30H26FN3O4.2CH4/c1-2-38-30(37)24-15-23(24)21-11-8-18(14-26(21)31)17-5-3-6-20(13-17)34-16-25(29(36)33-19-9-10-19)27(35)22-7-4-12-32-28(22)34;;/h3-8,11-14,16,19,23-24H,2,9-10,15H2,1H3,(H,33,36);2*1H4/t23-,24+;;/m0../s1. The zero-order valence-corrected chi connectivity index (χ0v) is 20.8. The first-order valence-corrected chi connectivity index (χ1v) is 12.8. The summed E-state index contributed by atoms with van der Waals surface area (Å²) in [6.45, 7) is 2.07. The van der Waals surface area contributed by atoms with E-state index in [0.29, 0.717) is 40.9 Å². The second-order valence-electron chi connectivity index (χ2n) is 9.85. The number of halogens is 1. The van der Waals surface area contributed by atoms with Gasteiger partial charge in [0.2, 0.25) is 5.43 Å². The lowest BCUT2D eigenvalue weighted by Crippen LogP contribution is -2.31. The van der Waals surface area contributed by atoms with Gasteiger partial charge >= 0.3 is 5.97 Å². The Bertz CT molecular complexity index is 1640. The fourth-order valence-corrected chi connectivity index (χ4v) is 4.90. The number of carbonyl (C=O) groups excluding carboxylic acids is 2. The summed E-state index contributed by atoms with van der Waals surface area (Å²) in [5.41, 5.74) is 2.75. The van der Waals surface area contributed by atoms with Gasteiger partial charge in [-0.05, 0) is 73.2 Å². The Kier molecular flexibility index (Phi) is 8.18. The van der Waals surface area contributed by atoms with E-state index in [2.05, 4.69) is 10.3 Å². The van der Waals surface area contributed by atoms with Crippen LogP contribution in [-0.2, 0) is 9.53 Å². The minimum atomic E-state index is -0.396. The maximum Gasteiger partial charge on any atom is 0.309 e. The number of carbonyl (C=O) groups is 2. The SMILES string of the molecule is C.C.CCOC(=O)[C@@H]1C[C@H]1c1ccc(-c2cccc(-n3cc(C(=O)NC4CC4)c(=O)c4cccnc43)c2)cc1F. The summed E-state index contributed by atoms with van der Waals surface area (Å²) >= 11 is 0. The third-order valence-electron chi connectivity index (χ3n) is 7.16. The molecule has 1 N–H and O–H groups in total. The van der Waals surface area contributed by atoms with Crippen LogP contribution in [0.25, 0.3) is 27.8 Å². The molecule has 40 heavy (non-hydrogen) atoms. The van der Waals surface area contributed by atoms with E-state index in [-0.39, 0.29) is 55.5 Å². The fraction of sp³-hybridized carbons (Fsp3) is 0.312. The monoisotopic (exact) mass is 543 g/mol. The summed E-state index contributed by atoms with van der Waals surface area (Å²) in [6.07, 6.45) is 5.55. The Balaban J connectivity index is 0.00000185. The number of hydrogen-bond donors (Lipinski definition) is 1. The number of hydrogen-bond acceptors (Lipinski definition) is 5. The highest BCUT2D eigenvalue weighted by molar-refractivity contribution is 5.97. The molecule has 208 valence electrons. The maximum absolute atomic E-state index is 15.1. The molecule has 0 bridgehead atoms. The van der Waals surface area contributed by atoms with Crippen LogP contribution >= 0.6 is 0 Å². The number of ether oxygens (including phenoxy) is 1. The molecule has 8 heteroatoms. The van der Waals surface area contributed by atoms with E-state index in [1.165, 1.54) is 12.3 Å². The molecule has 2 saturated carbocycles. The van der Waals surface area contributed by atoms with Crippen molar-refractivity contribution in [3.8, 4) is 16.8 Å². The van der Waals surface area contributed by atoms with Crippen molar-refractivity contribution in [1.29, 1.82) is 0 Å². The van der Waals surface area contributed by atoms with Crippen molar-refractivity contribution in [2.75, 3.05) is 6.61 Å².